The highest BCUT2D eigenvalue weighted by Crippen LogP contribution is 2.34. The van der Waals surface area contributed by atoms with Gasteiger partial charge in [0.1, 0.15) is 0 Å². The van der Waals surface area contributed by atoms with Gasteiger partial charge in [-0.25, -0.2) is 0 Å². The molecule has 0 N–H and O–H groups in total. The van der Waals surface area contributed by atoms with Crippen molar-refractivity contribution in [2.24, 2.45) is 0 Å². The van der Waals surface area contributed by atoms with E-state index in [0.717, 1.165) is 37.2 Å². The second-order valence-corrected chi connectivity index (χ2v) is 8.33. The van der Waals surface area contributed by atoms with E-state index in [0.29, 0.717) is 35.4 Å². The fraction of sp³-hybridized carbons (Fsp3) is 0.348. The molecule has 7 heteroatoms. The van der Waals surface area contributed by atoms with E-state index in [2.05, 4.69) is 27.2 Å². The average molecular weight is 423 g/mol. The summed E-state index contributed by atoms with van der Waals surface area (Å²) in [4.78, 5) is 20.9. The Morgan fingerprint density at radius 2 is 1.87 bits per heavy atom. The molecule has 0 radical (unpaired) electrons. The summed E-state index contributed by atoms with van der Waals surface area (Å²) in [5.74, 6) is 1.07. The molecule has 2 saturated heterocycles. The van der Waals surface area contributed by atoms with E-state index in [9.17, 15) is 4.79 Å². The molecule has 0 atom stereocenters. The molecule has 2 fully saturated rings. The minimum absolute atomic E-state index is 0.0927. The fourth-order valence-electron chi connectivity index (χ4n) is 4.22. The van der Waals surface area contributed by atoms with E-state index >= 15 is 0 Å². The Hall–Kier alpha value is -2.70. The molecule has 30 heavy (non-hydrogen) atoms. The van der Waals surface area contributed by atoms with Gasteiger partial charge in [-0.2, -0.15) is 4.98 Å². The zero-order chi connectivity index (χ0) is 20.5. The number of hydrogen-bond acceptors (Lipinski definition) is 5. The third-order valence-corrected chi connectivity index (χ3v) is 6.09. The van der Waals surface area contributed by atoms with Crippen molar-refractivity contribution in [3.05, 3.63) is 53.1 Å². The van der Waals surface area contributed by atoms with E-state index in [1.54, 1.807) is 11.0 Å². The van der Waals surface area contributed by atoms with Gasteiger partial charge in [0, 0.05) is 30.6 Å². The molecule has 0 spiro atoms. The van der Waals surface area contributed by atoms with E-state index in [1.807, 2.05) is 24.3 Å². The largest absolute Gasteiger partial charge is 0.334 e. The Balaban J connectivity index is 1.40. The van der Waals surface area contributed by atoms with Crippen molar-refractivity contribution in [3.63, 3.8) is 0 Å². The van der Waals surface area contributed by atoms with Crippen LogP contribution in [0.3, 0.4) is 0 Å². The van der Waals surface area contributed by atoms with Gasteiger partial charge in [0.2, 0.25) is 11.7 Å². The van der Waals surface area contributed by atoms with E-state index in [1.165, 1.54) is 18.4 Å². The normalized spacial score (nSPS) is 17.2. The lowest BCUT2D eigenvalue weighted by Crippen LogP contribution is -2.23. The molecular formula is C23H23ClN4O2. The second-order valence-electron chi connectivity index (χ2n) is 7.92. The van der Waals surface area contributed by atoms with Crippen LogP contribution in [0.25, 0.3) is 22.8 Å². The second kappa shape index (κ2) is 8.20. The zero-order valence-electron chi connectivity index (χ0n) is 16.7. The van der Waals surface area contributed by atoms with Gasteiger partial charge in [-0.3, -0.25) is 9.69 Å². The van der Waals surface area contributed by atoms with Crippen LogP contribution in [-0.2, 0) is 11.3 Å². The smallest absolute Gasteiger partial charge is 0.258 e. The minimum atomic E-state index is 0.0927. The number of carbonyl (C=O) groups is 1. The van der Waals surface area contributed by atoms with Crippen molar-refractivity contribution in [1.82, 2.24) is 15.0 Å². The maximum atomic E-state index is 12.1. The van der Waals surface area contributed by atoms with Crippen LogP contribution in [0.5, 0.6) is 0 Å². The molecule has 154 valence electrons. The summed E-state index contributed by atoms with van der Waals surface area (Å²) in [6.45, 7) is 3.95. The van der Waals surface area contributed by atoms with Crippen LogP contribution in [0.15, 0.2) is 47.0 Å². The van der Waals surface area contributed by atoms with Crippen LogP contribution in [0.4, 0.5) is 5.69 Å². The van der Waals surface area contributed by atoms with Gasteiger partial charge in [0.25, 0.3) is 5.89 Å². The molecule has 1 amide bonds. The molecule has 5 rings (SSSR count). The third kappa shape index (κ3) is 3.85. The SMILES string of the molecule is O=C1CCCN1c1cc(-c2nc(-c3cccc(CN4CCCC4)c3)no2)ccc1Cl. The number of carbonyl (C=O) groups excluding carboxylic acids is 1. The topological polar surface area (TPSA) is 62.5 Å². The number of likely N-dealkylation sites (tertiary alicyclic amines) is 1. The van der Waals surface area contributed by atoms with Crippen LogP contribution in [0.2, 0.25) is 5.02 Å². The van der Waals surface area contributed by atoms with E-state index < -0.39 is 0 Å². The Bertz CT molecular complexity index is 1070. The summed E-state index contributed by atoms with van der Waals surface area (Å²) in [5.41, 5.74) is 3.64. The number of rotatable bonds is 5. The Labute approximate surface area is 180 Å². The lowest BCUT2D eigenvalue weighted by molar-refractivity contribution is -0.117. The van der Waals surface area contributed by atoms with Gasteiger partial charge >= 0.3 is 0 Å². The number of anilines is 1. The highest BCUT2D eigenvalue weighted by Gasteiger charge is 2.24. The Morgan fingerprint density at radius 3 is 2.67 bits per heavy atom. The fourth-order valence-corrected chi connectivity index (χ4v) is 4.44. The molecule has 0 saturated carbocycles. The predicted molar refractivity (Wildman–Crippen MR) is 116 cm³/mol. The summed E-state index contributed by atoms with van der Waals surface area (Å²) < 4.78 is 5.54. The third-order valence-electron chi connectivity index (χ3n) is 5.77. The first kappa shape index (κ1) is 19.3. The molecule has 3 aromatic rings. The van der Waals surface area contributed by atoms with Crippen molar-refractivity contribution in [1.29, 1.82) is 0 Å². The number of aromatic nitrogens is 2. The average Bonchev–Trinajstić information content (AvgIpc) is 3.51. The maximum Gasteiger partial charge on any atom is 0.258 e. The molecule has 0 bridgehead atoms. The molecule has 3 heterocycles. The quantitative estimate of drug-likeness (QED) is 0.592. The summed E-state index contributed by atoms with van der Waals surface area (Å²) in [5, 5.41) is 4.73. The monoisotopic (exact) mass is 422 g/mol. The summed E-state index contributed by atoms with van der Waals surface area (Å²) in [6.07, 6.45) is 3.96. The highest BCUT2D eigenvalue weighted by molar-refractivity contribution is 6.34. The van der Waals surface area contributed by atoms with Crippen LogP contribution in [0, 0.1) is 0 Å². The molecule has 0 unspecified atom stereocenters. The van der Waals surface area contributed by atoms with Gasteiger partial charge in [-0.1, -0.05) is 35.0 Å². The molecule has 0 aliphatic carbocycles. The van der Waals surface area contributed by atoms with Crippen LogP contribution in [-0.4, -0.2) is 40.6 Å². The van der Waals surface area contributed by atoms with Crippen LogP contribution >= 0.6 is 11.6 Å². The van der Waals surface area contributed by atoms with Gasteiger partial charge in [0.15, 0.2) is 0 Å². The summed E-state index contributed by atoms with van der Waals surface area (Å²) in [6, 6.07) is 13.8. The first-order valence-electron chi connectivity index (χ1n) is 10.4. The van der Waals surface area contributed by atoms with Gasteiger partial charge < -0.3 is 9.42 Å². The number of amides is 1. The standard InChI is InChI=1S/C23H23ClN4O2/c24-19-9-8-18(14-20(19)28-12-4-7-21(28)29)23-25-22(26-30-23)17-6-3-5-16(13-17)15-27-10-1-2-11-27/h3,5-6,8-9,13-14H,1-2,4,7,10-12,15H2. The molecule has 1 aromatic heterocycles. The number of benzene rings is 2. The van der Waals surface area contributed by atoms with Crippen LogP contribution < -0.4 is 4.90 Å². The first-order chi connectivity index (χ1) is 14.7. The molecule has 6 nitrogen and oxygen atoms in total. The predicted octanol–water partition coefficient (Wildman–Crippen LogP) is 4.78. The van der Waals surface area contributed by atoms with Gasteiger partial charge in [-0.15, -0.1) is 0 Å². The summed E-state index contributed by atoms with van der Waals surface area (Å²) >= 11 is 6.35. The zero-order valence-corrected chi connectivity index (χ0v) is 17.4. The Kier molecular flexibility index (Phi) is 5.27. The maximum absolute atomic E-state index is 12.1. The molecular weight excluding hydrogens is 400 g/mol. The van der Waals surface area contributed by atoms with Crippen molar-refractivity contribution in [2.75, 3.05) is 24.5 Å². The number of halogens is 1. The minimum Gasteiger partial charge on any atom is -0.334 e. The summed E-state index contributed by atoms with van der Waals surface area (Å²) in [7, 11) is 0. The molecule has 2 aromatic carbocycles. The van der Waals surface area contributed by atoms with Crippen molar-refractivity contribution in [2.45, 2.75) is 32.2 Å². The number of nitrogens with zero attached hydrogens (tertiary/aromatic N) is 4. The first-order valence-corrected chi connectivity index (χ1v) is 10.8. The number of hydrogen-bond donors (Lipinski definition) is 0. The van der Waals surface area contributed by atoms with Crippen molar-refractivity contribution in [3.8, 4) is 22.8 Å². The molecule has 2 aliphatic rings. The van der Waals surface area contributed by atoms with Gasteiger partial charge in [-0.05, 0) is 62.2 Å². The lowest BCUT2D eigenvalue weighted by Gasteiger charge is -2.17. The lowest BCUT2D eigenvalue weighted by atomic mass is 10.1. The Morgan fingerprint density at radius 1 is 1.00 bits per heavy atom. The van der Waals surface area contributed by atoms with Crippen LogP contribution in [0.1, 0.15) is 31.2 Å². The molecule has 2 aliphatic heterocycles. The van der Waals surface area contributed by atoms with Crippen molar-refractivity contribution >= 4 is 23.2 Å². The van der Waals surface area contributed by atoms with Crippen molar-refractivity contribution < 1.29 is 9.32 Å². The van der Waals surface area contributed by atoms with E-state index in [-0.39, 0.29) is 5.91 Å². The highest BCUT2D eigenvalue weighted by atomic mass is 35.5. The van der Waals surface area contributed by atoms with Gasteiger partial charge in [0.05, 0.1) is 10.7 Å². The van der Waals surface area contributed by atoms with E-state index in [4.69, 9.17) is 16.1 Å².